The summed E-state index contributed by atoms with van der Waals surface area (Å²) in [6.45, 7) is 3.79. The second kappa shape index (κ2) is 6.98. The minimum Gasteiger partial charge on any atom is -0.459 e. The van der Waals surface area contributed by atoms with E-state index in [1.54, 1.807) is 32.2 Å². The maximum absolute atomic E-state index is 11.5. The van der Waals surface area contributed by atoms with Crippen molar-refractivity contribution in [3.8, 4) is 0 Å². The molecule has 0 aliphatic carbocycles. The molecule has 0 amide bonds. The highest BCUT2D eigenvalue weighted by Gasteiger charge is 2.10. The number of esters is 1. The number of hydrogen-bond acceptors (Lipinski definition) is 5. The highest BCUT2D eigenvalue weighted by Crippen LogP contribution is 2.01. The van der Waals surface area contributed by atoms with E-state index < -0.39 is 12.1 Å². The zero-order valence-corrected chi connectivity index (χ0v) is 10.00. The molecule has 0 aliphatic heterocycles. The van der Waals surface area contributed by atoms with Crippen LogP contribution in [0.4, 0.5) is 0 Å². The van der Waals surface area contributed by atoms with Crippen LogP contribution < -0.4 is 0 Å². The fourth-order valence-electron chi connectivity index (χ4n) is 1.11. The third kappa shape index (κ3) is 5.42. The lowest BCUT2D eigenvalue weighted by molar-refractivity contribution is -0.0278. The first-order valence-electron chi connectivity index (χ1n) is 5.46. The molecule has 1 heterocycles. The molecule has 17 heavy (non-hydrogen) atoms. The Balaban J connectivity index is 2.29. The van der Waals surface area contributed by atoms with E-state index in [0.29, 0.717) is 5.56 Å². The smallest absolute Gasteiger partial charge is 0.339 e. The van der Waals surface area contributed by atoms with Crippen LogP contribution in [0.3, 0.4) is 0 Å². The SMILES string of the molecule is CC(O)COC(C)COC(=O)c1cccnc1. The van der Waals surface area contributed by atoms with Crippen LogP contribution in [-0.2, 0) is 9.47 Å². The number of nitrogens with zero attached hydrogens (tertiary/aromatic N) is 1. The van der Waals surface area contributed by atoms with Gasteiger partial charge in [-0.25, -0.2) is 4.79 Å². The Morgan fingerprint density at radius 3 is 2.82 bits per heavy atom. The number of rotatable bonds is 6. The third-order valence-corrected chi connectivity index (χ3v) is 1.97. The second-order valence-electron chi connectivity index (χ2n) is 3.83. The highest BCUT2D eigenvalue weighted by atomic mass is 16.6. The summed E-state index contributed by atoms with van der Waals surface area (Å²) in [4.78, 5) is 15.3. The van der Waals surface area contributed by atoms with Crippen LogP contribution >= 0.6 is 0 Å². The van der Waals surface area contributed by atoms with Crippen molar-refractivity contribution in [3.63, 3.8) is 0 Å². The van der Waals surface area contributed by atoms with E-state index in [2.05, 4.69) is 4.98 Å². The molecule has 0 fully saturated rings. The van der Waals surface area contributed by atoms with Crippen molar-refractivity contribution >= 4 is 5.97 Å². The first kappa shape index (κ1) is 13.6. The molecule has 1 rings (SSSR count). The van der Waals surface area contributed by atoms with Gasteiger partial charge in [-0.1, -0.05) is 0 Å². The predicted octanol–water partition coefficient (Wildman–Crippen LogP) is 1.02. The van der Waals surface area contributed by atoms with Crippen LogP contribution in [0.5, 0.6) is 0 Å². The van der Waals surface area contributed by atoms with E-state index in [1.807, 2.05) is 0 Å². The summed E-state index contributed by atoms with van der Waals surface area (Å²) in [6.07, 6.45) is 2.27. The van der Waals surface area contributed by atoms with E-state index in [9.17, 15) is 4.79 Å². The molecule has 5 nitrogen and oxygen atoms in total. The van der Waals surface area contributed by atoms with Gasteiger partial charge in [-0.15, -0.1) is 0 Å². The average Bonchev–Trinajstić information content (AvgIpc) is 2.34. The van der Waals surface area contributed by atoms with Crippen molar-refractivity contribution in [3.05, 3.63) is 30.1 Å². The summed E-state index contributed by atoms with van der Waals surface area (Å²) >= 11 is 0. The molecule has 0 radical (unpaired) electrons. The molecular weight excluding hydrogens is 222 g/mol. The van der Waals surface area contributed by atoms with Gasteiger partial charge in [-0.3, -0.25) is 4.98 Å². The number of carbonyl (C=O) groups is 1. The van der Waals surface area contributed by atoms with Gasteiger partial charge in [0.05, 0.1) is 24.4 Å². The van der Waals surface area contributed by atoms with Crippen molar-refractivity contribution in [2.75, 3.05) is 13.2 Å². The molecule has 0 saturated carbocycles. The predicted molar refractivity (Wildman–Crippen MR) is 61.6 cm³/mol. The lowest BCUT2D eigenvalue weighted by atomic mass is 10.3. The van der Waals surface area contributed by atoms with Gasteiger partial charge in [0.25, 0.3) is 0 Å². The molecule has 2 unspecified atom stereocenters. The fraction of sp³-hybridized carbons (Fsp3) is 0.500. The summed E-state index contributed by atoms with van der Waals surface area (Å²) < 4.78 is 10.3. The van der Waals surface area contributed by atoms with E-state index in [4.69, 9.17) is 14.6 Å². The molecule has 0 spiro atoms. The van der Waals surface area contributed by atoms with Crippen LogP contribution in [-0.4, -0.2) is 41.5 Å². The summed E-state index contributed by atoms with van der Waals surface area (Å²) in [6, 6.07) is 3.31. The van der Waals surface area contributed by atoms with Gasteiger partial charge in [-0.05, 0) is 26.0 Å². The minimum absolute atomic E-state index is 0.153. The van der Waals surface area contributed by atoms with Crippen LogP contribution in [0.15, 0.2) is 24.5 Å². The molecule has 94 valence electrons. The van der Waals surface area contributed by atoms with Crippen LogP contribution in [0.25, 0.3) is 0 Å². The molecule has 0 saturated heterocycles. The molecule has 1 N–H and O–H groups in total. The number of pyridine rings is 1. The lowest BCUT2D eigenvalue weighted by Crippen LogP contribution is -2.23. The Bertz CT molecular complexity index is 340. The second-order valence-corrected chi connectivity index (χ2v) is 3.83. The zero-order chi connectivity index (χ0) is 12.7. The topological polar surface area (TPSA) is 68.7 Å². The van der Waals surface area contributed by atoms with Crippen LogP contribution in [0.2, 0.25) is 0 Å². The van der Waals surface area contributed by atoms with Gasteiger partial charge < -0.3 is 14.6 Å². The monoisotopic (exact) mass is 239 g/mol. The quantitative estimate of drug-likeness (QED) is 0.751. The van der Waals surface area contributed by atoms with E-state index >= 15 is 0 Å². The van der Waals surface area contributed by atoms with E-state index in [1.165, 1.54) is 6.20 Å². The van der Waals surface area contributed by atoms with Crippen molar-refractivity contribution < 1.29 is 19.4 Å². The van der Waals surface area contributed by atoms with Gasteiger partial charge in [0, 0.05) is 12.4 Å². The summed E-state index contributed by atoms with van der Waals surface area (Å²) in [5.41, 5.74) is 0.412. The van der Waals surface area contributed by atoms with Crippen molar-refractivity contribution in [1.29, 1.82) is 0 Å². The maximum atomic E-state index is 11.5. The zero-order valence-electron chi connectivity index (χ0n) is 10.00. The van der Waals surface area contributed by atoms with E-state index in [0.717, 1.165) is 0 Å². The fourth-order valence-corrected chi connectivity index (χ4v) is 1.11. The van der Waals surface area contributed by atoms with Crippen molar-refractivity contribution in [1.82, 2.24) is 4.98 Å². The summed E-state index contributed by atoms with van der Waals surface area (Å²) in [5, 5.41) is 9.02. The average molecular weight is 239 g/mol. The van der Waals surface area contributed by atoms with Crippen LogP contribution in [0, 0.1) is 0 Å². The number of carbonyl (C=O) groups excluding carboxylic acids is 1. The molecule has 5 heteroatoms. The summed E-state index contributed by atoms with van der Waals surface area (Å²) in [7, 11) is 0. The normalized spacial score (nSPS) is 14.1. The number of aliphatic hydroxyl groups excluding tert-OH is 1. The van der Waals surface area contributed by atoms with E-state index in [-0.39, 0.29) is 19.3 Å². The Morgan fingerprint density at radius 2 is 2.24 bits per heavy atom. The lowest BCUT2D eigenvalue weighted by Gasteiger charge is -2.14. The van der Waals surface area contributed by atoms with Gasteiger partial charge in [0.1, 0.15) is 6.61 Å². The number of hydrogen-bond donors (Lipinski definition) is 1. The maximum Gasteiger partial charge on any atom is 0.339 e. The van der Waals surface area contributed by atoms with Crippen molar-refractivity contribution in [2.45, 2.75) is 26.1 Å². The highest BCUT2D eigenvalue weighted by molar-refractivity contribution is 5.88. The third-order valence-electron chi connectivity index (χ3n) is 1.97. The Morgan fingerprint density at radius 1 is 1.47 bits per heavy atom. The number of ether oxygens (including phenoxy) is 2. The largest absolute Gasteiger partial charge is 0.459 e. The molecule has 0 aliphatic rings. The number of aromatic nitrogens is 1. The molecule has 1 aromatic rings. The van der Waals surface area contributed by atoms with Gasteiger partial charge in [-0.2, -0.15) is 0 Å². The van der Waals surface area contributed by atoms with Gasteiger partial charge in [0.2, 0.25) is 0 Å². The Hall–Kier alpha value is -1.46. The van der Waals surface area contributed by atoms with Gasteiger partial charge in [0.15, 0.2) is 0 Å². The standard InChI is InChI=1S/C12H17NO4/c1-9(14)7-16-10(2)8-17-12(15)11-4-3-5-13-6-11/h3-6,9-10,14H,7-8H2,1-2H3. The Labute approximate surface area is 100 Å². The first-order chi connectivity index (χ1) is 8.09. The molecule has 0 aromatic carbocycles. The molecule has 1 aromatic heterocycles. The van der Waals surface area contributed by atoms with Crippen molar-refractivity contribution in [2.24, 2.45) is 0 Å². The summed E-state index contributed by atoms with van der Waals surface area (Å²) in [5.74, 6) is -0.425. The molecule has 2 atom stereocenters. The first-order valence-corrected chi connectivity index (χ1v) is 5.46. The minimum atomic E-state index is -0.522. The van der Waals surface area contributed by atoms with Crippen LogP contribution in [0.1, 0.15) is 24.2 Å². The molecule has 0 bridgehead atoms. The van der Waals surface area contributed by atoms with Gasteiger partial charge >= 0.3 is 5.97 Å². The Kier molecular flexibility index (Phi) is 5.59. The molecular formula is C12H17NO4. The number of aliphatic hydroxyl groups is 1.